The van der Waals surface area contributed by atoms with Crippen molar-refractivity contribution in [1.29, 1.82) is 0 Å². The van der Waals surface area contributed by atoms with E-state index in [1.807, 2.05) is 12.1 Å². The number of halogens is 2. The second-order valence-electron chi connectivity index (χ2n) is 5.76. The third kappa shape index (κ3) is 3.14. The van der Waals surface area contributed by atoms with Gasteiger partial charge in [-0.15, -0.1) is 0 Å². The summed E-state index contributed by atoms with van der Waals surface area (Å²) in [5.41, 5.74) is 3.25. The fraction of sp³-hybridized carbons (Fsp3) is 0.375. The molecule has 0 aliphatic carbocycles. The highest BCUT2D eigenvalue weighted by Crippen LogP contribution is 2.32. The van der Waals surface area contributed by atoms with Gasteiger partial charge >= 0.3 is 0 Å². The molecule has 1 heterocycles. The Morgan fingerprint density at radius 2 is 1.80 bits per heavy atom. The van der Waals surface area contributed by atoms with Crippen molar-refractivity contribution in [1.82, 2.24) is 9.97 Å². The summed E-state index contributed by atoms with van der Waals surface area (Å²) in [4.78, 5) is 9.25. The maximum atomic E-state index is 6.31. The molecule has 0 atom stereocenters. The molecular formula is C16H18ClIN2. The number of hydrogen-bond donors (Lipinski definition) is 0. The fourth-order valence-corrected chi connectivity index (χ4v) is 3.30. The van der Waals surface area contributed by atoms with E-state index in [0.29, 0.717) is 5.15 Å². The SMILES string of the molecule is CCc1ccccc1-c1nc(Cl)c(I)c(C(C)(C)C)n1. The van der Waals surface area contributed by atoms with Crippen LogP contribution >= 0.6 is 34.2 Å². The van der Waals surface area contributed by atoms with Crippen LogP contribution in [0, 0.1) is 3.57 Å². The largest absolute Gasteiger partial charge is 0.231 e. The first kappa shape index (κ1) is 15.7. The number of aromatic nitrogens is 2. The highest BCUT2D eigenvalue weighted by molar-refractivity contribution is 14.1. The Kier molecular flexibility index (Phi) is 4.69. The average molecular weight is 401 g/mol. The molecule has 0 amide bonds. The molecule has 2 aromatic rings. The predicted octanol–water partition coefficient (Wildman–Crippen LogP) is 5.26. The van der Waals surface area contributed by atoms with Crippen LogP contribution in [-0.2, 0) is 11.8 Å². The Morgan fingerprint density at radius 1 is 1.15 bits per heavy atom. The summed E-state index contributed by atoms with van der Waals surface area (Å²) in [5.74, 6) is 0.720. The summed E-state index contributed by atoms with van der Waals surface area (Å²) in [7, 11) is 0. The number of rotatable bonds is 2. The lowest BCUT2D eigenvalue weighted by molar-refractivity contribution is 0.563. The molecule has 0 bridgehead atoms. The zero-order valence-corrected chi connectivity index (χ0v) is 15.1. The summed E-state index contributed by atoms with van der Waals surface area (Å²) in [6, 6.07) is 8.23. The van der Waals surface area contributed by atoms with Gasteiger partial charge in [0.05, 0.1) is 9.26 Å². The first-order valence-corrected chi connectivity index (χ1v) is 8.12. The molecule has 2 rings (SSSR count). The molecule has 4 heteroatoms. The normalized spacial score (nSPS) is 11.7. The van der Waals surface area contributed by atoms with Gasteiger partial charge in [0.1, 0.15) is 5.15 Å². The third-order valence-corrected chi connectivity index (χ3v) is 4.77. The minimum Gasteiger partial charge on any atom is -0.231 e. The Balaban J connectivity index is 2.67. The van der Waals surface area contributed by atoms with Gasteiger partial charge in [-0.25, -0.2) is 9.97 Å². The van der Waals surface area contributed by atoms with Crippen LogP contribution in [-0.4, -0.2) is 9.97 Å². The third-order valence-electron chi connectivity index (χ3n) is 3.16. The summed E-state index contributed by atoms with van der Waals surface area (Å²) in [6.45, 7) is 8.56. The maximum absolute atomic E-state index is 6.31. The summed E-state index contributed by atoms with van der Waals surface area (Å²) in [6.07, 6.45) is 0.952. The van der Waals surface area contributed by atoms with Gasteiger partial charge in [0.15, 0.2) is 5.82 Å². The van der Waals surface area contributed by atoms with Gasteiger partial charge in [-0.2, -0.15) is 0 Å². The summed E-state index contributed by atoms with van der Waals surface area (Å²) in [5, 5.41) is 0.534. The zero-order chi connectivity index (χ0) is 14.9. The van der Waals surface area contributed by atoms with Crippen molar-refractivity contribution >= 4 is 34.2 Å². The van der Waals surface area contributed by atoms with E-state index in [-0.39, 0.29) is 5.41 Å². The van der Waals surface area contributed by atoms with E-state index in [4.69, 9.17) is 16.6 Å². The van der Waals surface area contributed by atoms with Crippen molar-refractivity contribution in [3.63, 3.8) is 0 Å². The quantitative estimate of drug-likeness (QED) is 0.507. The minimum atomic E-state index is -0.0565. The summed E-state index contributed by atoms with van der Waals surface area (Å²) < 4.78 is 0.939. The molecule has 1 aromatic carbocycles. The van der Waals surface area contributed by atoms with Crippen LogP contribution in [0.3, 0.4) is 0 Å². The van der Waals surface area contributed by atoms with E-state index >= 15 is 0 Å². The molecule has 0 N–H and O–H groups in total. The smallest absolute Gasteiger partial charge is 0.161 e. The van der Waals surface area contributed by atoms with E-state index in [0.717, 1.165) is 27.1 Å². The molecule has 0 unspecified atom stereocenters. The molecule has 0 radical (unpaired) electrons. The minimum absolute atomic E-state index is 0.0565. The molecule has 0 saturated heterocycles. The van der Waals surface area contributed by atoms with Gasteiger partial charge in [0.25, 0.3) is 0 Å². The highest BCUT2D eigenvalue weighted by atomic mass is 127. The lowest BCUT2D eigenvalue weighted by Crippen LogP contribution is -2.17. The first-order valence-electron chi connectivity index (χ1n) is 6.66. The van der Waals surface area contributed by atoms with Gasteiger partial charge in [-0.05, 0) is 34.6 Å². The fourth-order valence-electron chi connectivity index (χ4n) is 2.08. The Bertz CT molecular complexity index is 633. The Morgan fingerprint density at radius 3 is 2.40 bits per heavy atom. The van der Waals surface area contributed by atoms with E-state index in [2.05, 4.69) is 67.4 Å². The molecule has 0 aliphatic heterocycles. The van der Waals surface area contributed by atoms with Gasteiger partial charge in [0.2, 0.25) is 0 Å². The van der Waals surface area contributed by atoms with Crippen molar-refractivity contribution in [3.8, 4) is 11.4 Å². The number of benzene rings is 1. The van der Waals surface area contributed by atoms with E-state index < -0.39 is 0 Å². The topological polar surface area (TPSA) is 25.8 Å². The molecule has 0 fully saturated rings. The van der Waals surface area contributed by atoms with E-state index in [1.54, 1.807) is 0 Å². The second-order valence-corrected chi connectivity index (χ2v) is 7.20. The Labute approximate surface area is 139 Å². The highest BCUT2D eigenvalue weighted by Gasteiger charge is 2.23. The van der Waals surface area contributed by atoms with Crippen molar-refractivity contribution in [2.45, 2.75) is 39.5 Å². The molecular weight excluding hydrogens is 383 g/mol. The van der Waals surface area contributed by atoms with Gasteiger partial charge in [-0.1, -0.05) is 63.6 Å². The zero-order valence-electron chi connectivity index (χ0n) is 12.2. The van der Waals surface area contributed by atoms with E-state index in [9.17, 15) is 0 Å². The second kappa shape index (κ2) is 5.98. The predicted molar refractivity (Wildman–Crippen MR) is 93.3 cm³/mol. The number of nitrogens with zero attached hydrogens (tertiary/aromatic N) is 2. The van der Waals surface area contributed by atoms with Crippen molar-refractivity contribution < 1.29 is 0 Å². The number of hydrogen-bond acceptors (Lipinski definition) is 2. The van der Waals surface area contributed by atoms with Gasteiger partial charge < -0.3 is 0 Å². The van der Waals surface area contributed by atoms with Crippen LogP contribution in [0.15, 0.2) is 24.3 Å². The average Bonchev–Trinajstić information content (AvgIpc) is 2.40. The number of aryl methyl sites for hydroxylation is 1. The molecule has 2 nitrogen and oxygen atoms in total. The van der Waals surface area contributed by atoms with Crippen LogP contribution in [0.5, 0.6) is 0 Å². The standard InChI is InChI=1S/C16H18ClIN2/c1-5-10-8-6-7-9-11(10)15-19-13(16(2,3)4)12(18)14(17)20-15/h6-9H,5H2,1-4H3. The van der Waals surface area contributed by atoms with Crippen LogP contribution in [0.2, 0.25) is 5.15 Å². The first-order chi connectivity index (χ1) is 9.34. The molecule has 1 aromatic heterocycles. The van der Waals surface area contributed by atoms with Crippen LogP contribution < -0.4 is 0 Å². The van der Waals surface area contributed by atoms with Crippen LogP contribution in [0.4, 0.5) is 0 Å². The van der Waals surface area contributed by atoms with Crippen molar-refractivity contribution in [2.75, 3.05) is 0 Å². The van der Waals surface area contributed by atoms with Gasteiger partial charge in [0, 0.05) is 11.0 Å². The van der Waals surface area contributed by atoms with Crippen LogP contribution in [0.1, 0.15) is 39.0 Å². The lowest BCUT2D eigenvalue weighted by Gasteiger charge is -2.21. The van der Waals surface area contributed by atoms with Crippen LogP contribution in [0.25, 0.3) is 11.4 Å². The monoisotopic (exact) mass is 400 g/mol. The van der Waals surface area contributed by atoms with Gasteiger partial charge in [-0.3, -0.25) is 0 Å². The maximum Gasteiger partial charge on any atom is 0.161 e. The van der Waals surface area contributed by atoms with E-state index in [1.165, 1.54) is 5.56 Å². The molecule has 0 spiro atoms. The molecule has 0 saturated carbocycles. The molecule has 20 heavy (non-hydrogen) atoms. The Hall–Kier alpha value is -0.680. The molecule has 0 aliphatic rings. The lowest BCUT2D eigenvalue weighted by atomic mass is 9.92. The summed E-state index contributed by atoms with van der Waals surface area (Å²) >= 11 is 8.54. The molecule has 106 valence electrons. The van der Waals surface area contributed by atoms with Crippen molar-refractivity contribution in [2.24, 2.45) is 0 Å². The van der Waals surface area contributed by atoms with Crippen molar-refractivity contribution in [3.05, 3.63) is 44.2 Å².